The molecule has 41 heavy (non-hydrogen) atoms. The maximum Gasteiger partial charge on any atom is 0.403 e. The van der Waals surface area contributed by atoms with Crippen LogP contribution < -0.4 is 21.5 Å². The maximum atomic E-state index is 12.2. The van der Waals surface area contributed by atoms with Gasteiger partial charge in [0.05, 0.1) is 12.5 Å². The first-order chi connectivity index (χ1) is 19.2. The summed E-state index contributed by atoms with van der Waals surface area (Å²) in [5, 5.41) is 43.1. The lowest BCUT2D eigenvalue weighted by Crippen LogP contribution is -2.41. The van der Waals surface area contributed by atoms with E-state index in [1.54, 1.807) is 0 Å². The molecule has 0 bridgehead atoms. The monoisotopic (exact) mass is 612 g/mol. The quantitative estimate of drug-likeness (QED) is 0.0479. The lowest BCUT2D eigenvalue weighted by molar-refractivity contribution is -0.144. The van der Waals surface area contributed by atoms with Crippen LogP contribution in [0, 0.1) is 5.92 Å². The van der Waals surface area contributed by atoms with Gasteiger partial charge < -0.3 is 41.7 Å². The molecule has 0 aliphatic carbocycles. The molecule has 0 rings (SSSR count). The average Bonchev–Trinajstić information content (AvgIpc) is 2.87. The second-order valence-corrected chi connectivity index (χ2v) is 10.8. The largest absolute Gasteiger partial charge is 0.481 e. The lowest BCUT2D eigenvalue weighted by Gasteiger charge is -2.19. The van der Waals surface area contributed by atoms with Gasteiger partial charge in [0.2, 0.25) is 11.8 Å². The van der Waals surface area contributed by atoms with Crippen LogP contribution in [0.3, 0.4) is 0 Å². The fourth-order valence-corrected chi connectivity index (χ4v) is 4.62. The Kier molecular flexibility index (Phi) is 19.1. The Balaban J connectivity index is 4.50. The molecule has 0 saturated carbocycles. The highest BCUT2D eigenvalue weighted by atomic mass is 31.2. The third kappa shape index (κ3) is 19.6. The van der Waals surface area contributed by atoms with Crippen LogP contribution in [0.4, 0.5) is 0 Å². The summed E-state index contributed by atoms with van der Waals surface area (Å²) in [5.74, 6) is -7.57. The van der Waals surface area contributed by atoms with Crippen LogP contribution in [0.25, 0.3) is 0 Å². The number of carboxylic acids is 4. The Morgan fingerprint density at radius 1 is 0.756 bits per heavy atom. The van der Waals surface area contributed by atoms with Gasteiger partial charge in [0.15, 0.2) is 0 Å². The minimum Gasteiger partial charge on any atom is -0.481 e. The van der Waals surface area contributed by atoms with Crippen molar-refractivity contribution in [3.05, 3.63) is 0 Å². The highest BCUT2D eigenvalue weighted by molar-refractivity contribution is 7.50. The third-order valence-corrected chi connectivity index (χ3v) is 6.91. The first kappa shape index (κ1) is 37.9. The Morgan fingerprint density at radius 3 is 1.98 bits per heavy atom. The Labute approximate surface area is 236 Å². The van der Waals surface area contributed by atoms with Gasteiger partial charge in [-0.15, -0.1) is 0 Å². The molecule has 10 N–H and O–H groups in total. The number of nitrogens with two attached hydrogens (primary N) is 1. The van der Waals surface area contributed by atoms with E-state index >= 15 is 0 Å². The molecule has 17 nitrogen and oxygen atoms in total. The van der Waals surface area contributed by atoms with Crippen LogP contribution in [0.15, 0.2) is 0 Å². The second-order valence-electron chi connectivity index (χ2n) is 9.24. The summed E-state index contributed by atoms with van der Waals surface area (Å²) >= 11 is 0. The summed E-state index contributed by atoms with van der Waals surface area (Å²) in [7, 11) is -4.65. The molecule has 0 radical (unpaired) electrons. The lowest BCUT2D eigenvalue weighted by atomic mass is 9.99. The summed E-state index contributed by atoms with van der Waals surface area (Å²) in [6.07, 6.45) is 0.835. The smallest absolute Gasteiger partial charge is 0.403 e. The van der Waals surface area contributed by atoms with Crippen molar-refractivity contribution in [2.45, 2.75) is 82.7 Å². The molecule has 0 spiro atoms. The topological polar surface area (TPSA) is 292 Å². The van der Waals surface area contributed by atoms with Crippen molar-refractivity contribution in [2.24, 2.45) is 11.7 Å². The zero-order chi connectivity index (χ0) is 31.4. The Hall–Kier alpha value is -3.11. The number of nitrogens with one attached hydrogen (secondary N) is 3. The normalized spacial score (nSPS) is 14.7. The molecule has 236 valence electrons. The number of carbonyl (C=O) groups excluding carboxylic acids is 2. The van der Waals surface area contributed by atoms with Crippen LogP contribution in [-0.4, -0.2) is 92.8 Å². The molecule has 2 amide bonds. The van der Waals surface area contributed by atoms with Crippen molar-refractivity contribution in [2.75, 3.05) is 19.7 Å². The van der Waals surface area contributed by atoms with E-state index in [0.29, 0.717) is 13.0 Å². The fourth-order valence-electron chi connectivity index (χ4n) is 3.54. The van der Waals surface area contributed by atoms with E-state index in [2.05, 4.69) is 10.6 Å². The van der Waals surface area contributed by atoms with Crippen molar-refractivity contribution in [3.63, 3.8) is 0 Å². The summed E-state index contributed by atoms with van der Waals surface area (Å²) in [6.45, 7) is 0.0931. The summed E-state index contributed by atoms with van der Waals surface area (Å²) < 4.78 is 16.8. The molecular formula is C23H41N4O13P. The molecule has 0 aromatic heterocycles. The maximum absolute atomic E-state index is 12.2. The van der Waals surface area contributed by atoms with E-state index in [1.165, 1.54) is 0 Å². The van der Waals surface area contributed by atoms with Gasteiger partial charge in [0.25, 0.3) is 0 Å². The number of rotatable bonds is 25. The minimum absolute atomic E-state index is 0.0381. The molecular weight excluding hydrogens is 571 g/mol. The number of hydrogen-bond donors (Lipinski definition) is 9. The molecule has 0 heterocycles. The van der Waals surface area contributed by atoms with Crippen LogP contribution >= 0.6 is 7.75 Å². The third-order valence-electron chi connectivity index (χ3n) is 5.74. The van der Waals surface area contributed by atoms with Gasteiger partial charge in [-0.1, -0.05) is 6.42 Å². The van der Waals surface area contributed by atoms with Gasteiger partial charge >= 0.3 is 31.6 Å². The van der Waals surface area contributed by atoms with Crippen molar-refractivity contribution >= 4 is 43.4 Å². The Morgan fingerprint density at radius 2 is 1.41 bits per heavy atom. The minimum atomic E-state index is -4.65. The van der Waals surface area contributed by atoms with E-state index in [9.17, 15) is 48.4 Å². The van der Waals surface area contributed by atoms with Gasteiger partial charge in [0, 0.05) is 25.8 Å². The van der Waals surface area contributed by atoms with Crippen molar-refractivity contribution < 1.29 is 63.2 Å². The predicted octanol–water partition coefficient (Wildman–Crippen LogP) is -0.133. The van der Waals surface area contributed by atoms with Crippen molar-refractivity contribution in [1.29, 1.82) is 0 Å². The predicted molar refractivity (Wildman–Crippen MR) is 142 cm³/mol. The van der Waals surface area contributed by atoms with E-state index in [4.69, 9.17) is 20.5 Å². The average molecular weight is 613 g/mol. The highest BCUT2D eigenvalue weighted by Crippen LogP contribution is 2.38. The SMILES string of the molecule is NCCCCCC(=O)NC(CCCNC(=O)C[C@@H](CCCOP(=O)(O)NC(CCC(=O)O)C(=O)O)C(=O)O)C(=O)O. The summed E-state index contributed by atoms with van der Waals surface area (Å²) in [5.41, 5.74) is 5.38. The van der Waals surface area contributed by atoms with Gasteiger partial charge in [-0.05, 0) is 51.5 Å². The van der Waals surface area contributed by atoms with Gasteiger partial charge in [-0.2, -0.15) is 0 Å². The van der Waals surface area contributed by atoms with Gasteiger partial charge in [-0.25, -0.2) is 14.4 Å². The first-order valence-corrected chi connectivity index (χ1v) is 14.7. The van der Waals surface area contributed by atoms with Gasteiger partial charge in [0.1, 0.15) is 12.1 Å². The van der Waals surface area contributed by atoms with E-state index in [1.807, 2.05) is 5.09 Å². The van der Waals surface area contributed by atoms with E-state index in [0.717, 1.165) is 12.8 Å². The van der Waals surface area contributed by atoms with Crippen molar-refractivity contribution in [1.82, 2.24) is 15.7 Å². The van der Waals surface area contributed by atoms with Crippen LogP contribution in [-0.2, 0) is 37.9 Å². The molecule has 0 aliphatic heterocycles. The molecule has 0 aliphatic rings. The molecule has 0 aromatic carbocycles. The molecule has 0 saturated heterocycles. The van der Waals surface area contributed by atoms with E-state index < -0.39 is 87.3 Å². The summed E-state index contributed by atoms with van der Waals surface area (Å²) in [4.78, 5) is 78.6. The molecule has 0 aromatic rings. The number of carbonyl (C=O) groups is 6. The van der Waals surface area contributed by atoms with Crippen LogP contribution in [0.1, 0.15) is 70.6 Å². The second kappa shape index (κ2) is 20.7. The number of amides is 2. The summed E-state index contributed by atoms with van der Waals surface area (Å²) in [6, 6.07) is -2.80. The standard InChI is InChI=1S/C23H41N4O13P/c24-11-3-1-2-8-18(28)26-16(22(34)35)7-4-12-25-19(29)14-15(21(32)33)6-5-13-40-41(38,39)27-17(23(36)37)9-10-20(30)31/h15-17H,1-14,24H2,(H,25,29)(H,26,28)(H,30,31)(H,32,33)(H,34,35)(H,36,37)(H2,27,38,39)/t15-,16?,17?/m1/s1. The molecule has 18 heteroatoms. The zero-order valence-electron chi connectivity index (χ0n) is 22.7. The zero-order valence-corrected chi connectivity index (χ0v) is 23.6. The van der Waals surface area contributed by atoms with E-state index in [-0.39, 0.29) is 38.6 Å². The first-order valence-electron chi connectivity index (χ1n) is 13.1. The molecule has 0 fully saturated rings. The number of hydrogen-bond acceptors (Lipinski definition) is 9. The van der Waals surface area contributed by atoms with Crippen LogP contribution in [0.2, 0.25) is 0 Å². The van der Waals surface area contributed by atoms with Gasteiger partial charge in [-0.3, -0.25) is 28.5 Å². The molecule has 3 unspecified atom stereocenters. The fraction of sp³-hybridized carbons (Fsp3) is 0.739. The van der Waals surface area contributed by atoms with Crippen molar-refractivity contribution in [3.8, 4) is 0 Å². The highest BCUT2D eigenvalue weighted by Gasteiger charge is 2.29. The van der Waals surface area contributed by atoms with Crippen LogP contribution in [0.5, 0.6) is 0 Å². The molecule has 4 atom stereocenters. The number of carboxylic acid groups (broad SMARTS) is 4. The number of aliphatic carboxylic acids is 4. The Bertz CT molecular complexity index is 933. The number of unbranched alkanes of at least 4 members (excludes halogenated alkanes) is 2.